The van der Waals surface area contributed by atoms with Gasteiger partial charge in [-0.1, -0.05) is 0 Å². The molecule has 0 N–H and O–H groups in total. The summed E-state index contributed by atoms with van der Waals surface area (Å²) in [6.07, 6.45) is 6.39. The highest BCUT2D eigenvalue weighted by Gasteiger charge is 2.20. The van der Waals surface area contributed by atoms with Crippen LogP contribution in [0.25, 0.3) is 11.4 Å². The van der Waals surface area contributed by atoms with E-state index in [0.29, 0.717) is 0 Å². The average molecular weight is 362 g/mol. The molecule has 0 amide bonds. The van der Waals surface area contributed by atoms with E-state index in [-0.39, 0.29) is 0 Å². The summed E-state index contributed by atoms with van der Waals surface area (Å²) in [5, 5.41) is 0. The molecule has 0 aliphatic carbocycles. The Morgan fingerprint density at radius 2 is 1.93 bits per heavy atom. The number of ether oxygens (including phenoxy) is 2. The average Bonchev–Trinajstić information content (AvgIpc) is 2.74. The first-order valence-electron chi connectivity index (χ1n) is 8.95. The van der Waals surface area contributed by atoms with E-state index in [2.05, 4.69) is 14.9 Å². The largest absolute Gasteiger partial charge is 0.497 e. The van der Waals surface area contributed by atoms with Crippen LogP contribution in [0.3, 0.4) is 0 Å². The Morgan fingerprint density at radius 1 is 1.07 bits per heavy atom. The zero-order valence-corrected chi connectivity index (χ0v) is 15.6. The summed E-state index contributed by atoms with van der Waals surface area (Å²) in [5.41, 5.74) is 4.43. The quantitative estimate of drug-likeness (QED) is 0.695. The summed E-state index contributed by atoms with van der Waals surface area (Å²) in [5.74, 6) is 2.48. The van der Waals surface area contributed by atoms with E-state index < -0.39 is 0 Å². The third-order valence-corrected chi connectivity index (χ3v) is 4.83. The lowest BCUT2D eigenvalue weighted by atomic mass is 10.1. The Balaban J connectivity index is 1.52. The van der Waals surface area contributed by atoms with Crippen LogP contribution in [0.5, 0.6) is 11.5 Å². The van der Waals surface area contributed by atoms with Crippen molar-refractivity contribution in [2.45, 2.75) is 19.5 Å². The van der Waals surface area contributed by atoms with Crippen LogP contribution in [-0.4, -0.2) is 40.6 Å². The molecular weight excluding hydrogens is 340 g/mol. The summed E-state index contributed by atoms with van der Waals surface area (Å²) in [6, 6.07) is 9.79. The molecule has 6 heteroatoms. The Hall–Kier alpha value is -2.99. The normalized spacial score (nSPS) is 13.9. The number of hydrogen-bond donors (Lipinski definition) is 0. The Bertz CT molecular complexity index is 931. The second kappa shape index (κ2) is 7.72. The van der Waals surface area contributed by atoms with Crippen molar-refractivity contribution in [1.82, 2.24) is 19.9 Å². The first-order chi connectivity index (χ1) is 13.3. The maximum atomic E-state index is 5.51. The molecule has 3 aromatic rings. The molecule has 3 heterocycles. The minimum Gasteiger partial charge on any atom is -0.497 e. The zero-order valence-electron chi connectivity index (χ0n) is 15.6. The van der Waals surface area contributed by atoms with Crippen molar-refractivity contribution in [2.75, 3.05) is 20.8 Å². The highest BCUT2D eigenvalue weighted by atomic mass is 16.5. The van der Waals surface area contributed by atoms with Crippen LogP contribution in [0.2, 0.25) is 0 Å². The van der Waals surface area contributed by atoms with Gasteiger partial charge in [-0.25, -0.2) is 9.97 Å². The summed E-state index contributed by atoms with van der Waals surface area (Å²) in [6.45, 7) is 2.57. The Kier molecular flexibility index (Phi) is 4.98. The molecule has 0 radical (unpaired) electrons. The second-order valence-corrected chi connectivity index (χ2v) is 6.54. The monoisotopic (exact) mass is 362 g/mol. The minimum absolute atomic E-state index is 0.763. The molecule has 1 aliphatic heterocycles. The lowest BCUT2D eigenvalue weighted by Gasteiger charge is -2.28. The van der Waals surface area contributed by atoms with E-state index in [1.807, 2.05) is 36.5 Å². The molecule has 0 fully saturated rings. The molecule has 1 aliphatic rings. The van der Waals surface area contributed by atoms with Gasteiger partial charge in [0.25, 0.3) is 0 Å². The van der Waals surface area contributed by atoms with Gasteiger partial charge in [0.05, 0.1) is 19.9 Å². The van der Waals surface area contributed by atoms with Gasteiger partial charge in [0.2, 0.25) is 0 Å². The maximum absolute atomic E-state index is 5.51. The van der Waals surface area contributed by atoms with Crippen molar-refractivity contribution < 1.29 is 9.47 Å². The third kappa shape index (κ3) is 3.75. The topological polar surface area (TPSA) is 60.4 Å². The number of nitrogens with zero attached hydrogens (tertiary/aromatic N) is 4. The summed E-state index contributed by atoms with van der Waals surface area (Å²) < 4.78 is 10.9. The zero-order chi connectivity index (χ0) is 18.6. The van der Waals surface area contributed by atoms with Gasteiger partial charge in [-0.15, -0.1) is 0 Å². The predicted molar refractivity (Wildman–Crippen MR) is 103 cm³/mol. The van der Waals surface area contributed by atoms with E-state index in [1.54, 1.807) is 26.6 Å². The van der Waals surface area contributed by atoms with Crippen LogP contribution < -0.4 is 9.47 Å². The van der Waals surface area contributed by atoms with E-state index >= 15 is 0 Å². The van der Waals surface area contributed by atoms with Crippen LogP contribution in [0, 0.1) is 0 Å². The number of rotatable bonds is 5. The van der Waals surface area contributed by atoms with Gasteiger partial charge in [0.15, 0.2) is 5.82 Å². The molecule has 0 bridgehead atoms. The van der Waals surface area contributed by atoms with Crippen LogP contribution in [0.1, 0.15) is 16.8 Å². The number of fused-ring (bicyclic) bond motifs is 1. The van der Waals surface area contributed by atoms with Crippen LogP contribution in [0.4, 0.5) is 0 Å². The van der Waals surface area contributed by atoms with E-state index in [0.717, 1.165) is 60.2 Å². The van der Waals surface area contributed by atoms with E-state index in [1.165, 1.54) is 5.56 Å². The van der Waals surface area contributed by atoms with Gasteiger partial charge in [0, 0.05) is 61.3 Å². The van der Waals surface area contributed by atoms with Crippen LogP contribution in [0.15, 0.2) is 48.9 Å². The fraction of sp³-hybridized carbons (Fsp3) is 0.286. The standard InChI is InChI=1S/C21H22N4O2/c1-26-18-3-4-20(27-2)16(11-18)13-25-10-7-19-17(14-25)12-23-21(24-19)15-5-8-22-9-6-15/h3-6,8-9,11-12H,7,10,13-14H2,1-2H3. The summed E-state index contributed by atoms with van der Waals surface area (Å²) in [4.78, 5) is 15.8. The third-order valence-electron chi connectivity index (χ3n) is 4.83. The van der Waals surface area contributed by atoms with Crippen molar-refractivity contribution in [3.63, 3.8) is 0 Å². The minimum atomic E-state index is 0.763. The molecule has 2 aromatic heterocycles. The van der Waals surface area contributed by atoms with Gasteiger partial charge < -0.3 is 9.47 Å². The van der Waals surface area contributed by atoms with Gasteiger partial charge in [-0.05, 0) is 30.3 Å². The Labute approximate surface area is 158 Å². The van der Waals surface area contributed by atoms with Gasteiger partial charge >= 0.3 is 0 Å². The van der Waals surface area contributed by atoms with Crippen LogP contribution in [-0.2, 0) is 19.5 Å². The smallest absolute Gasteiger partial charge is 0.159 e. The number of pyridine rings is 1. The molecule has 27 heavy (non-hydrogen) atoms. The SMILES string of the molecule is COc1ccc(OC)c(CN2CCc3nc(-c4ccncc4)ncc3C2)c1. The van der Waals surface area contributed by atoms with Gasteiger partial charge in [0.1, 0.15) is 11.5 Å². The van der Waals surface area contributed by atoms with Crippen molar-refractivity contribution in [2.24, 2.45) is 0 Å². The highest BCUT2D eigenvalue weighted by Crippen LogP contribution is 2.27. The van der Waals surface area contributed by atoms with Gasteiger partial charge in [-0.2, -0.15) is 0 Å². The molecule has 0 atom stereocenters. The summed E-state index contributed by atoms with van der Waals surface area (Å²) >= 11 is 0. The molecule has 0 unspecified atom stereocenters. The molecule has 0 saturated carbocycles. The van der Waals surface area contributed by atoms with Crippen molar-refractivity contribution >= 4 is 0 Å². The molecule has 1 aromatic carbocycles. The molecule has 0 saturated heterocycles. The van der Waals surface area contributed by atoms with Crippen molar-refractivity contribution in [3.8, 4) is 22.9 Å². The van der Waals surface area contributed by atoms with Gasteiger partial charge in [-0.3, -0.25) is 9.88 Å². The second-order valence-electron chi connectivity index (χ2n) is 6.54. The predicted octanol–water partition coefficient (Wildman–Crippen LogP) is 3.11. The Morgan fingerprint density at radius 3 is 2.70 bits per heavy atom. The van der Waals surface area contributed by atoms with Crippen molar-refractivity contribution in [3.05, 3.63) is 65.7 Å². The van der Waals surface area contributed by atoms with Crippen molar-refractivity contribution in [1.29, 1.82) is 0 Å². The molecule has 6 nitrogen and oxygen atoms in total. The number of benzene rings is 1. The number of aromatic nitrogens is 3. The molecule has 0 spiro atoms. The lowest BCUT2D eigenvalue weighted by molar-refractivity contribution is 0.239. The number of hydrogen-bond acceptors (Lipinski definition) is 6. The highest BCUT2D eigenvalue weighted by molar-refractivity contribution is 5.54. The first-order valence-corrected chi connectivity index (χ1v) is 8.95. The fourth-order valence-electron chi connectivity index (χ4n) is 3.40. The molecular formula is C21H22N4O2. The van der Waals surface area contributed by atoms with E-state index in [9.17, 15) is 0 Å². The number of methoxy groups -OCH3 is 2. The maximum Gasteiger partial charge on any atom is 0.159 e. The first kappa shape index (κ1) is 17.4. The molecule has 138 valence electrons. The lowest BCUT2D eigenvalue weighted by Crippen LogP contribution is -2.31. The molecule has 4 rings (SSSR count). The summed E-state index contributed by atoms with van der Waals surface area (Å²) in [7, 11) is 3.38. The van der Waals surface area contributed by atoms with E-state index in [4.69, 9.17) is 14.5 Å². The van der Waals surface area contributed by atoms with Crippen LogP contribution >= 0.6 is 0 Å². The fourth-order valence-corrected chi connectivity index (χ4v) is 3.40.